The van der Waals surface area contributed by atoms with Gasteiger partial charge in [-0.2, -0.15) is 0 Å². The lowest BCUT2D eigenvalue weighted by Crippen LogP contribution is -2.25. The first-order chi connectivity index (χ1) is 8.92. The molecule has 0 aliphatic carbocycles. The van der Waals surface area contributed by atoms with Crippen LogP contribution in [0.3, 0.4) is 0 Å². The summed E-state index contributed by atoms with van der Waals surface area (Å²) in [4.78, 5) is 0. The average Bonchev–Trinajstić information content (AvgIpc) is 2.33. The molecule has 2 nitrogen and oxygen atoms in total. The van der Waals surface area contributed by atoms with Gasteiger partial charge in [-0.15, -0.1) is 0 Å². The van der Waals surface area contributed by atoms with Crippen LogP contribution in [0.15, 0.2) is 48.5 Å². The molecule has 0 aromatic heterocycles. The van der Waals surface area contributed by atoms with Gasteiger partial charge in [0.15, 0.2) is 0 Å². The van der Waals surface area contributed by atoms with Crippen LogP contribution in [0.25, 0.3) is 0 Å². The molecular weight excluding hydrogens is 258 g/mol. The van der Waals surface area contributed by atoms with Gasteiger partial charge < -0.3 is 10.1 Å². The van der Waals surface area contributed by atoms with Crippen LogP contribution >= 0.6 is 11.6 Å². The molecule has 0 saturated heterocycles. The van der Waals surface area contributed by atoms with Crippen molar-refractivity contribution in [3.8, 4) is 11.5 Å². The fraction of sp³-hybridized carbons (Fsp3) is 0.250. The van der Waals surface area contributed by atoms with Crippen molar-refractivity contribution >= 4 is 17.3 Å². The highest BCUT2D eigenvalue weighted by Crippen LogP contribution is 2.25. The van der Waals surface area contributed by atoms with Crippen molar-refractivity contribution in [2.45, 2.75) is 26.3 Å². The minimum Gasteiger partial charge on any atom is -0.457 e. The fourth-order valence-electron chi connectivity index (χ4n) is 1.68. The maximum Gasteiger partial charge on any atom is 0.127 e. The van der Waals surface area contributed by atoms with Crippen molar-refractivity contribution in [1.82, 2.24) is 0 Å². The van der Waals surface area contributed by atoms with Crippen LogP contribution in [-0.2, 0) is 0 Å². The summed E-state index contributed by atoms with van der Waals surface area (Å²) in [5.74, 6) is 1.59. The number of hydrogen-bond acceptors (Lipinski definition) is 2. The van der Waals surface area contributed by atoms with E-state index >= 15 is 0 Å². The predicted octanol–water partition coefficient (Wildman–Crippen LogP) is 5.34. The SMILES string of the molecule is CC(C)(C)Nc1ccc(Oc2ccc(Cl)cc2)cc1. The van der Waals surface area contributed by atoms with E-state index in [4.69, 9.17) is 16.3 Å². The smallest absolute Gasteiger partial charge is 0.127 e. The first kappa shape index (κ1) is 13.8. The van der Waals surface area contributed by atoms with Gasteiger partial charge in [-0.3, -0.25) is 0 Å². The summed E-state index contributed by atoms with van der Waals surface area (Å²) in [5.41, 5.74) is 1.13. The number of ether oxygens (including phenoxy) is 1. The maximum atomic E-state index is 5.83. The highest BCUT2D eigenvalue weighted by atomic mass is 35.5. The van der Waals surface area contributed by atoms with Crippen LogP contribution in [0.5, 0.6) is 11.5 Å². The molecule has 0 fully saturated rings. The lowest BCUT2D eigenvalue weighted by Gasteiger charge is -2.22. The molecule has 0 aliphatic rings. The average molecular weight is 276 g/mol. The summed E-state index contributed by atoms with van der Waals surface area (Å²) < 4.78 is 5.73. The molecule has 1 N–H and O–H groups in total. The zero-order valence-corrected chi connectivity index (χ0v) is 12.2. The molecule has 0 amide bonds. The number of hydrogen-bond donors (Lipinski definition) is 1. The minimum atomic E-state index is 0.0541. The molecule has 0 atom stereocenters. The van der Waals surface area contributed by atoms with Crippen LogP contribution in [0.1, 0.15) is 20.8 Å². The molecule has 0 unspecified atom stereocenters. The van der Waals surface area contributed by atoms with Crippen molar-refractivity contribution < 1.29 is 4.74 Å². The molecule has 2 aromatic rings. The van der Waals surface area contributed by atoms with E-state index in [2.05, 4.69) is 26.1 Å². The van der Waals surface area contributed by atoms with E-state index in [0.29, 0.717) is 5.02 Å². The Morgan fingerprint density at radius 1 is 0.842 bits per heavy atom. The molecule has 0 spiro atoms. The standard InChI is InChI=1S/C16H18ClNO/c1-16(2,3)18-13-6-10-15(11-7-13)19-14-8-4-12(17)5-9-14/h4-11,18H,1-3H3. The van der Waals surface area contributed by atoms with E-state index in [1.54, 1.807) is 0 Å². The second-order valence-corrected chi connectivity index (χ2v) is 5.89. The molecule has 3 heteroatoms. The van der Waals surface area contributed by atoms with Gasteiger partial charge in [-0.1, -0.05) is 11.6 Å². The Labute approximate surface area is 119 Å². The van der Waals surface area contributed by atoms with Crippen molar-refractivity contribution in [3.63, 3.8) is 0 Å². The van der Waals surface area contributed by atoms with Gasteiger partial charge >= 0.3 is 0 Å². The van der Waals surface area contributed by atoms with Gasteiger partial charge in [-0.25, -0.2) is 0 Å². The molecule has 0 aliphatic heterocycles. The topological polar surface area (TPSA) is 21.3 Å². The molecule has 0 heterocycles. The minimum absolute atomic E-state index is 0.0541. The third kappa shape index (κ3) is 4.49. The van der Waals surface area contributed by atoms with Crippen molar-refractivity contribution in [2.24, 2.45) is 0 Å². The normalized spacial score (nSPS) is 11.2. The third-order valence-corrected chi connectivity index (χ3v) is 2.67. The van der Waals surface area contributed by atoms with Gasteiger partial charge in [0, 0.05) is 16.2 Å². The van der Waals surface area contributed by atoms with E-state index in [9.17, 15) is 0 Å². The lowest BCUT2D eigenvalue weighted by atomic mass is 10.1. The number of rotatable bonds is 3. The predicted molar refractivity (Wildman–Crippen MR) is 81.3 cm³/mol. The van der Waals surface area contributed by atoms with Crippen molar-refractivity contribution in [3.05, 3.63) is 53.6 Å². The summed E-state index contributed by atoms with van der Waals surface area (Å²) in [7, 11) is 0. The van der Waals surface area contributed by atoms with E-state index in [1.165, 1.54) is 0 Å². The summed E-state index contributed by atoms with van der Waals surface area (Å²) in [6, 6.07) is 15.2. The molecule has 0 bridgehead atoms. The highest BCUT2D eigenvalue weighted by molar-refractivity contribution is 6.30. The quantitative estimate of drug-likeness (QED) is 0.816. The zero-order chi connectivity index (χ0) is 13.9. The Bertz CT molecular complexity index is 526. The molecule has 19 heavy (non-hydrogen) atoms. The van der Waals surface area contributed by atoms with E-state index in [0.717, 1.165) is 17.2 Å². The Morgan fingerprint density at radius 2 is 1.32 bits per heavy atom. The van der Waals surface area contributed by atoms with Gasteiger partial charge in [-0.05, 0) is 69.3 Å². The number of nitrogens with one attached hydrogen (secondary N) is 1. The molecule has 0 saturated carbocycles. The van der Waals surface area contributed by atoms with Gasteiger partial charge in [0.1, 0.15) is 11.5 Å². The first-order valence-electron chi connectivity index (χ1n) is 6.24. The largest absolute Gasteiger partial charge is 0.457 e. The highest BCUT2D eigenvalue weighted by Gasteiger charge is 2.08. The third-order valence-electron chi connectivity index (χ3n) is 2.42. The molecule has 0 radical (unpaired) electrons. The second-order valence-electron chi connectivity index (χ2n) is 5.46. The monoisotopic (exact) mass is 275 g/mol. The summed E-state index contributed by atoms with van der Waals surface area (Å²) in [5, 5.41) is 4.11. The second kappa shape index (κ2) is 5.54. The van der Waals surface area contributed by atoms with Gasteiger partial charge in [0.2, 0.25) is 0 Å². The summed E-state index contributed by atoms with van der Waals surface area (Å²) in [6.07, 6.45) is 0. The molecule has 2 rings (SSSR count). The Hall–Kier alpha value is -1.67. The Balaban J connectivity index is 2.04. The van der Waals surface area contributed by atoms with E-state index in [1.807, 2.05) is 48.5 Å². The van der Waals surface area contributed by atoms with Crippen LogP contribution in [0.2, 0.25) is 5.02 Å². The van der Waals surface area contributed by atoms with Crippen LogP contribution in [-0.4, -0.2) is 5.54 Å². The first-order valence-corrected chi connectivity index (χ1v) is 6.62. The van der Waals surface area contributed by atoms with E-state index < -0.39 is 0 Å². The lowest BCUT2D eigenvalue weighted by molar-refractivity contribution is 0.482. The van der Waals surface area contributed by atoms with Crippen molar-refractivity contribution in [2.75, 3.05) is 5.32 Å². The number of benzene rings is 2. The molecule has 100 valence electrons. The van der Waals surface area contributed by atoms with Crippen LogP contribution < -0.4 is 10.1 Å². The zero-order valence-electron chi connectivity index (χ0n) is 11.4. The summed E-state index contributed by atoms with van der Waals surface area (Å²) in [6.45, 7) is 6.39. The van der Waals surface area contributed by atoms with Gasteiger partial charge in [0.25, 0.3) is 0 Å². The van der Waals surface area contributed by atoms with Crippen LogP contribution in [0, 0.1) is 0 Å². The Morgan fingerprint density at radius 3 is 1.79 bits per heavy atom. The van der Waals surface area contributed by atoms with Crippen molar-refractivity contribution in [1.29, 1.82) is 0 Å². The summed E-state index contributed by atoms with van der Waals surface area (Å²) >= 11 is 5.83. The number of anilines is 1. The van der Waals surface area contributed by atoms with E-state index in [-0.39, 0.29) is 5.54 Å². The maximum absolute atomic E-state index is 5.83. The molecular formula is C16H18ClNO. The Kier molecular flexibility index (Phi) is 4.01. The number of halogens is 1. The van der Waals surface area contributed by atoms with Gasteiger partial charge in [0.05, 0.1) is 0 Å². The van der Waals surface area contributed by atoms with Crippen LogP contribution in [0.4, 0.5) is 5.69 Å². The fourth-order valence-corrected chi connectivity index (χ4v) is 1.80. The molecule has 2 aromatic carbocycles.